The van der Waals surface area contributed by atoms with Gasteiger partial charge in [0.2, 0.25) is 5.95 Å². The summed E-state index contributed by atoms with van der Waals surface area (Å²) in [7, 11) is 3.23. The van der Waals surface area contributed by atoms with Crippen molar-refractivity contribution in [3.63, 3.8) is 0 Å². The van der Waals surface area contributed by atoms with Crippen LogP contribution in [0.15, 0.2) is 48.7 Å². The molecule has 0 saturated heterocycles. The first-order valence-corrected chi connectivity index (χ1v) is 8.85. The molecule has 144 valence electrons. The summed E-state index contributed by atoms with van der Waals surface area (Å²) in [6, 6.07) is 13.0. The van der Waals surface area contributed by atoms with E-state index in [0.29, 0.717) is 23.0 Å². The van der Waals surface area contributed by atoms with Gasteiger partial charge in [0.25, 0.3) is 5.91 Å². The Kier molecular flexibility index (Phi) is 5.74. The van der Waals surface area contributed by atoms with Gasteiger partial charge < -0.3 is 20.7 Å². The maximum Gasteiger partial charge on any atom is 0.253 e. The van der Waals surface area contributed by atoms with E-state index in [1.807, 2.05) is 50.2 Å². The Morgan fingerprint density at radius 3 is 2.54 bits per heavy atom. The monoisotopic (exact) mass is 377 g/mol. The molecule has 0 atom stereocenters. The Balaban J connectivity index is 1.90. The minimum Gasteiger partial charge on any atom is -0.497 e. The Hall–Kier alpha value is -3.61. The maximum atomic E-state index is 12.1. The highest BCUT2D eigenvalue weighted by Gasteiger charge is 2.12. The molecule has 0 spiro atoms. The quantitative estimate of drug-likeness (QED) is 0.603. The third-order valence-electron chi connectivity index (χ3n) is 4.31. The SMILES string of the molecule is CNC(=O)c1ccccc1Nc1nc(Nc2cc(OC)ccc2C)ncc1C. The molecular weight excluding hydrogens is 354 g/mol. The number of ether oxygens (including phenoxy) is 1. The van der Waals surface area contributed by atoms with Crippen molar-refractivity contribution in [1.82, 2.24) is 15.3 Å². The van der Waals surface area contributed by atoms with Crippen molar-refractivity contribution in [3.05, 3.63) is 65.4 Å². The van der Waals surface area contributed by atoms with E-state index in [0.717, 1.165) is 22.6 Å². The van der Waals surface area contributed by atoms with Crippen LogP contribution in [0.2, 0.25) is 0 Å². The molecular formula is C21H23N5O2. The first kappa shape index (κ1) is 19.2. The normalized spacial score (nSPS) is 10.3. The van der Waals surface area contributed by atoms with Gasteiger partial charge in [-0.25, -0.2) is 4.98 Å². The molecule has 0 aliphatic carbocycles. The molecule has 3 N–H and O–H groups in total. The zero-order valence-corrected chi connectivity index (χ0v) is 16.3. The Labute approximate surface area is 164 Å². The van der Waals surface area contributed by atoms with Crippen LogP contribution in [0.3, 0.4) is 0 Å². The second-order valence-electron chi connectivity index (χ2n) is 6.28. The summed E-state index contributed by atoms with van der Waals surface area (Å²) in [5.74, 6) is 1.65. The number of methoxy groups -OCH3 is 1. The number of hydrogen-bond acceptors (Lipinski definition) is 6. The van der Waals surface area contributed by atoms with Gasteiger partial charge in [-0.05, 0) is 37.6 Å². The van der Waals surface area contributed by atoms with Gasteiger partial charge in [0, 0.05) is 30.6 Å². The number of para-hydroxylation sites is 1. The largest absolute Gasteiger partial charge is 0.497 e. The lowest BCUT2D eigenvalue weighted by molar-refractivity contribution is 0.0964. The number of carbonyl (C=O) groups is 1. The van der Waals surface area contributed by atoms with E-state index in [2.05, 4.69) is 25.9 Å². The van der Waals surface area contributed by atoms with Crippen molar-refractivity contribution in [1.29, 1.82) is 0 Å². The minimum atomic E-state index is -0.167. The number of hydrogen-bond donors (Lipinski definition) is 3. The molecule has 0 aliphatic rings. The Morgan fingerprint density at radius 1 is 1.00 bits per heavy atom. The van der Waals surface area contributed by atoms with Gasteiger partial charge in [0.1, 0.15) is 11.6 Å². The second-order valence-corrected chi connectivity index (χ2v) is 6.28. The van der Waals surface area contributed by atoms with Crippen molar-refractivity contribution in [3.8, 4) is 5.75 Å². The summed E-state index contributed by atoms with van der Waals surface area (Å²) in [6.07, 6.45) is 1.73. The molecule has 0 bridgehead atoms. The first-order valence-electron chi connectivity index (χ1n) is 8.85. The van der Waals surface area contributed by atoms with Gasteiger partial charge in [0.15, 0.2) is 0 Å². The van der Waals surface area contributed by atoms with Crippen molar-refractivity contribution in [2.24, 2.45) is 0 Å². The second kappa shape index (κ2) is 8.39. The molecule has 1 aromatic heterocycles. The molecule has 3 rings (SSSR count). The lowest BCUT2D eigenvalue weighted by Crippen LogP contribution is -2.19. The van der Waals surface area contributed by atoms with Gasteiger partial charge in [-0.2, -0.15) is 4.98 Å². The van der Waals surface area contributed by atoms with E-state index in [4.69, 9.17) is 4.74 Å². The molecule has 0 aliphatic heterocycles. The van der Waals surface area contributed by atoms with Crippen LogP contribution in [0.5, 0.6) is 5.75 Å². The summed E-state index contributed by atoms with van der Waals surface area (Å²) < 4.78 is 5.28. The number of carbonyl (C=O) groups excluding carboxylic acids is 1. The third kappa shape index (κ3) is 4.20. The van der Waals surface area contributed by atoms with Crippen molar-refractivity contribution >= 4 is 29.0 Å². The highest BCUT2D eigenvalue weighted by Crippen LogP contribution is 2.26. The van der Waals surface area contributed by atoms with Crippen LogP contribution in [0.4, 0.5) is 23.1 Å². The van der Waals surface area contributed by atoms with Crippen LogP contribution < -0.4 is 20.7 Å². The van der Waals surface area contributed by atoms with Crippen LogP contribution >= 0.6 is 0 Å². The van der Waals surface area contributed by atoms with Crippen LogP contribution in [0.1, 0.15) is 21.5 Å². The number of aromatic nitrogens is 2. The number of anilines is 4. The molecule has 0 unspecified atom stereocenters. The predicted molar refractivity (Wildman–Crippen MR) is 111 cm³/mol. The zero-order chi connectivity index (χ0) is 20.1. The number of nitrogens with one attached hydrogen (secondary N) is 3. The molecule has 1 heterocycles. The van der Waals surface area contributed by atoms with Crippen LogP contribution in [-0.4, -0.2) is 30.0 Å². The predicted octanol–water partition coefficient (Wildman–Crippen LogP) is 3.95. The Bertz CT molecular complexity index is 1000. The van der Waals surface area contributed by atoms with Gasteiger partial charge in [0.05, 0.1) is 18.4 Å². The van der Waals surface area contributed by atoms with E-state index in [9.17, 15) is 4.79 Å². The number of nitrogens with zero attached hydrogens (tertiary/aromatic N) is 2. The van der Waals surface area contributed by atoms with Crippen molar-refractivity contribution in [2.45, 2.75) is 13.8 Å². The van der Waals surface area contributed by atoms with Gasteiger partial charge in [-0.1, -0.05) is 18.2 Å². The van der Waals surface area contributed by atoms with Crippen molar-refractivity contribution < 1.29 is 9.53 Å². The summed E-state index contributed by atoms with van der Waals surface area (Å²) in [5, 5.41) is 9.12. The van der Waals surface area contributed by atoms with E-state index in [-0.39, 0.29) is 5.91 Å². The fraction of sp³-hybridized carbons (Fsp3) is 0.190. The molecule has 0 radical (unpaired) electrons. The third-order valence-corrected chi connectivity index (χ3v) is 4.31. The van der Waals surface area contributed by atoms with Crippen molar-refractivity contribution in [2.75, 3.05) is 24.8 Å². The first-order chi connectivity index (χ1) is 13.5. The number of rotatable bonds is 6. The molecule has 0 saturated carbocycles. The summed E-state index contributed by atoms with van der Waals surface area (Å²) in [5.41, 5.74) is 3.98. The fourth-order valence-corrected chi connectivity index (χ4v) is 2.66. The molecule has 7 nitrogen and oxygen atoms in total. The standard InChI is InChI=1S/C21H23N5O2/c1-13-9-10-15(28-4)11-18(13)25-21-23-12-14(2)19(26-21)24-17-8-6-5-7-16(17)20(27)22-3/h5-12H,1-4H3,(H,22,27)(H2,23,24,25,26). The highest BCUT2D eigenvalue weighted by atomic mass is 16.5. The number of amides is 1. The smallest absolute Gasteiger partial charge is 0.253 e. The van der Waals surface area contributed by atoms with Gasteiger partial charge >= 0.3 is 0 Å². The molecule has 0 fully saturated rings. The van der Waals surface area contributed by atoms with Crippen LogP contribution in [0.25, 0.3) is 0 Å². The average Bonchev–Trinajstić information content (AvgIpc) is 2.72. The number of aryl methyl sites for hydroxylation is 2. The Morgan fingerprint density at radius 2 is 1.79 bits per heavy atom. The topological polar surface area (TPSA) is 88.2 Å². The van der Waals surface area contributed by atoms with E-state index < -0.39 is 0 Å². The molecule has 2 aromatic carbocycles. The molecule has 1 amide bonds. The van der Waals surface area contributed by atoms with Crippen LogP contribution in [-0.2, 0) is 0 Å². The fourth-order valence-electron chi connectivity index (χ4n) is 2.66. The average molecular weight is 377 g/mol. The summed E-state index contributed by atoms with van der Waals surface area (Å²) in [4.78, 5) is 21.1. The van der Waals surface area contributed by atoms with Gasteiger partial charge in [-0.15, -0.1) is 0 Å². The van der Waals surface area contributed by atoms with E-state index >= 15 is 0 Å². The number of benzene rings is 2. The maximum absolute atomic E-state index is 12.1. The van der Waals surface area contributed by atoms with E-state index in [1.165, 1.54) is 0 Å². The minimum absolute atomic E-state index is 0.167. The van der Waals surface area contributed by atoms with Crippen LogP contribution in [0, 0.1) is 13.8 Å². The summed E-state index contributed by atoms with van der Waals surface area (Å²) >= 11 is 0. The molecule has 28 heavy (non-hydrogen) atoms. The lowest BCUT2D eigenvalue weighted by Gasteiger charge is -2.14. The molecule has 3 aromatic rings. The molecule has 7 heteroatoms. The highest BCUT2D eigenvalue weighted by molar-refractivity contribution is 6.00. The van der Waals surface area contributed by atoms with E-state index in [1.54, 1.807) is 26.4 Å². The summed E-state index contributed by atoms with van der Waals surface area (Å²) in [6.45, 7) is 3.90. The van der Waals surface area contributed by atoms with Gasteiger partial charge in [-0.3, -0.25) is 4.79 Å². The lowest BCUT2D eigenvalue weighted by atomic mass is 10.1. The zero-order valence-electron chi connectivity index (χ0n) is 16.3.